The Bertz CT molecular complexity index is 586. The number of carbonyl (C=O) groups is 1. The molecule has 0 spiro atoms. The van der Waals surface area contributed by atoms with Crippen molar-refractivity contribution < 1.29 is 9.90 Å². The van der Waals surface area contributed by atoms with Gasteiger partial charge in [0.1, 0.15) is 5.69 Å². The van der Waals surface area contributed by atoms with Crippen LogP contribution in [0.1, 0.15) is 10.5 Å². The number of benzene rings is 1. The molecule has 0 aliphatic carbocycles. The van der Waals surface area contributed by atoms with Gasteiger partial charge in [-0.25, -0.2) is 4.79 Å². The summed E-state index contributed by atoms with van der Waals surface area (Å²) in [5, 5.41) is 9.61. The van der Waals surface area contributed by atoms with E-state index in [1.807, 2.05) is 0 Å². The van der Waals surface area contributed by atoms with E-state index in [1.54, 1.807) is 24.3 Å². The summed E-state index contributed by atoms with van der Waals surface area (Å²) in [6.07, 6.45) is 0. The van der Waals surface area contributed by atoms with Gasteiger partial charge < -0.3 is 10.1 Å². The van der Waals surface area contributed by atoms with E-state index < -0.39 is 5.97 Å². The smallest absolute Gasteiger partial charge is 0.353 e. The summed E-state index contributed by atoms with van der Waals surface area (Å²) in [7, 11) is 0. The number of hydrogen-bond donors (Lipinski definition) is 2. The second kappa shape index (κ2) is 4.37. The molecule has 0 saturated heterocycles. The van der Waals surface area contributed by atoms with Gasteiger partial charge in [0, 0.05) is 5.02 Å². The van der Waals surface area contributed by atoms with Crippen LogP contribution in [-0.2, 0) is 0 Å². The highest BCUT2D eigenvalue weighted by Crippen LogP contribution is 2.29. The summed E-state index contributed by atoms with van der Waals surface area (Å²) >= 11 is 11.9. The van der Waals surface area contributed by atoms with Gasteiger partial charge in [0.2, 0.25) is 0 Å². The Labute approximate surface area is 105 Å². The van der Waals surface area contributed by atoms with Crippen LogP contribution in [0.4, 0.5) is 0 Å². The number of carboxylic acids is 1. The van der Waals surface area contributed by atoms with Gasteiger partial charge in [0.15, 0.2) is 3.95 Å². The zero-order chi connectivity index (χ0) is 11.7. The average molecular weight is 272 g/mol. The molecule has 0 aliphatic heterocycles. The van der Waals surface area contributed by atoms with Crippen LogP contribution >= 0.6 is 35.2 Å². The lowest BCUT2D eigenvalue weighted by Crippen LogP contribution is -1.98. The quantitative estimate of drug-likeness (QED) is 0.817. The van der Waals surface area contributed by atoms with Gasteiger partial charge in [-0.1, -0.05) is 23.7 Å². The first-order valence-corrected chi connectivity index (χ1v) is 5.90. The Kier molecular flexibility index (Phi) is 3.09. The molecule has 2 aromatic rings. The van der Waals surface area contributed by atoms with Crippen molar-refractivity contribution in [2.45, 2.75) is 0 Å². The van der Waals surface area contributed by atoms with Crippen LogP contribution in [0.25, 0.3) is 10.4 Å². The molecule has 0 amide bonds. The fourth-order valence-corrected chi connectivity index (χ4v) is 2.59. The van der Waals surface area contributed by atoms with Crippen LogP contribution in [-0.4, -0.2) is 16.1 Å². The van der Waals surface area contributed by atoms with Crippen molar-refractivity contribution in [3.8, 4) is 10.4 Å². The first kappa shape index (κ1) is 11.3. The van der Waals surface area contributed by atoms with Gasteiger partial charge in [0.05, 0.1) is 4.88 Å². The summed E-state index contributed by atoms with van der Waals surface area (Å²) in [6.45, 7) is 0. The van der Waals surface area contributed by atoms with Crippen LogP contribution in [0.2, 0.25) is 5.02 Å². The maximum absolute atomic E-state index is 11.0. The second-order valence-electron chi connectivity index (χ2n) is 3.03. The molecule has 0 saturated carbocycles. The maximum Gasteiger partial charge on any atom is 0.353 e. The summed E-state index contributed by atoms with van der Waals surface area (Å²) in [5.41, 5.74) is 0.913. The molecule has 3 nitrogen and oxygen atoms in total. The summed E-state index contributed by atoms with van der Waals surface area (Å²) in [5.74, 6) is -1.02. The van der Waals surface area contributed by atoms with Gasteiger partial charge in [-0.3, -0.25) is 0 Å². The Morgan fingerprint density at radius 1 is 1.38 bits per heavy atom. The third-order valence-electron chi connectivity index (χ3n) is 1.97. The van der Waals surface area contributed by atoms with Gasteiger partial charge in [0.25, 0.3) is 0 Å². The summed E-state index contributed by atoms with van der Waals surface area (Å²) in [6, 6.07) is 6.96. The lowest BCUT2D eigenvalue weighted by Gasteiger charge is -1.99. The van der Waals surface area contributed by atoms with Gasteiger partial charge in [-0.15, -0.1) is 11.3 Å². The third kappa shape index (κ3) is 2.16. The van der Waals surface area contributed by atoms with E-state index in [0.717, 1.165) is 5.56 Å². The van der Waals surface area contributed by atoms with Crippen molar-refractivity contribution >= 4 is 41.1 Å². The summed E-state index contributed by atoms with van der Waals surface area (Å²) in [4.78, 5) is 14.3. The molecule has 1 aromatic carbocycles. The SMILES string of the molecule is O=C(O)c1[nH]c(=S)sc1-c1ccc(Cl)cc1. The third-order valence-corrected chi connectivity index (χ3v) is 3.50. The molecular formula is C10H6ClNO2S2. The number of nitrogens with one attached hydrogen (secondary N) is 1. The number of halogens is 1. The van der Waals surface area contributed by atoms with Crippen molar-refractivity contribution in [2.24, 2.45) is 0 Å². The number of thiazole rings is 1. The highest BCUT2D eigenvalue weighted by atomic mass is 35.5. The van der Waals surface area contributed by atoms with Crippen LogP contribution in [0.3, 0.4) is 0 Å². The maximum atomic E-state index is 11.0. The molecule has 6 heteroatoms. The standard InChI is InChI=1S/C10H6ClNO2S2/c11-6-3-1-5(2-4-6)8-7(9(13)14)12-10(15)16-8/h1-4H,(H,12,15)(H,13,14). The fraction of sp³-hybridized carbons (Fsp3) is 0. The van der Waals surface area contributed by atoms with E-state index in [0.29, 0.717) is 13.9 Å². The molecular weight excluding hydrogens is 266 g/mol. The molecule has 1 heterocycles. The summed E-state index contributed by atoms with van der Waals surface area (Å²) < 4.78 is 0.447. The number of carboxylic acid groups (broad SMARTS) is 1. The first-order chi connectivity index (χ1) is 7.58. The molecule has 16 heavy (non-hydrogen) atoms. The zero-order valence-corrected chi connectivity index (χ0v) is 10.2. The molecule has 1 aromatic heterocycles. The first-order valence-electron chi connectivity index (χ1n) is 4.30. The Morgan fingerprint density at radius 3 is 2.56 bits per heavy atom. The van der Waals surface area contributed by atoms with Crippen LogP contribution in [0, 0.1) is 3.95 Å². The molecule has 82 valence electrons. The van der Waals surface area contributed by atoms with E-state index in [9.17, 15) is 4.79 Å². The van der Waals surface area contributed by atoms with E-state index in [4.69, 9.17) is 28.9 Å². The Hall–Kier alpha value is -1.17. The molecule has 2 N–H and O–H groups in total. The molecule has 0 bridgehead atoms. The highest BCUT2D eigenvalue weighted by Gasteiger charge is 2.14. The van der Waals surface area contributed by atoms with Crippen LogP contribution < -0.4 is 0 Å². The lowest BCUT2D eigenvalue weighted by molar-refractivity contribution is 0.0692. The largest absolute Gasteiger partial charge is 0.477 e. The number of aromatic carboxylic acids is 1. The second-order valence-corrected chi connectivity index (χ2v) is 5.15. The van der Waals surface area contributed by atoms with Crippen molar-refractivity contribution in [1.82, 2.24) is 4.98 Å². The van der Waals surface area contributed by atoms with Gasteiger partial charge in [-0.05, 0) is 29.9 Å². The Morgan fingerprint density at radius 2 is 2.00 bits per heavy atom. The van der Waals surface area contributed by atoms with Crippen molar-refractivity contribution in [1.29, 1.82) is 0 Å². The number of H-pyrrole nitrogens is 1. The van der Waals surface area contributed by atoms with E-state index in [2.05, 4.69) is 4.98 Å². The number of hydrogen-bond acceptors (Lipinski definition) is 3. The van der Waals surface area contributed by atoms with Crippen LogP contribution in [0.5, 0.6) is 0 Å². The topological polar surface area (TPSA) is 53.1 Å². The molecule has 0 radical (unpaired) electrons. The monoisotopic (exact) mass is 271 g/mol. The van der Waals surface area contributed by atoms with Gasteiger partial charge >= 0.3 is 5.97 Å². The zero-order valence-electron chi connectivity index (χ0n) is 7.86. The van der Waals surface area contributed by atoms with Crippen molar-refractivity contribution in [3.05, 3.63) is 38.9 Å². The molecule has 0 aliphatic rings. The number of rotatable bonds is 2. The fourth-order valence-electron chi connectivity index (χ4n) is 1.28. The predicted octanol–water partition coefficient (Wildman–Crippen LogP) is 3.82. The molecule has 0 atom stereocenters. The number of aromatic amines is 1. The molecule has 0 unspecified atom stereocenters. The Balaban J connectivity index is 2.59. The van der Waals surface area contributed by atoms with E-state index in [1.165, 1.54) is 11.3 Å². The minimum atomic E-state index is -1.02. The van der Waals surface area contributed by atoms with Crippen LogP contribution in [0.15, 0.2) is 24.3 Å². The van der Waals surface area contributed by atoms with E-state index >= 15 is 0 Å². The number of aromatic nitrogens is 1. The van der Waals surface area contributed by atoms with Crippen molar-refractivity contribution in [2.75, 3.05) is 0 Å². The minimum Gasteiger partial charge on any atom is -0.477 e. The van der Waals surface area contributed by atoms with E-state index in [-0.39, 0.29) is 5.69 Å². The lowest BCUT2D eigenvalue weighted by atomic mass is 10.1. The van der Waals surface area contributed by atoms with Crippen molar-refractivity contribution in [3.63, 3.8) is 0 Å². The molecule has 0 fully saturated rings. The minimum absolute atomic E-state index is 0.123. The predicted molar refractivity (Wildman–Crippen MR) is 66.9 cm³/mol. The average Bonchev–Trinajstić information content (AvgIpc) is 2.61. The highest BCUT2D eigenvalue weighted by molar-refractivity contribution is 7.73. The normalized spacial score (nSPS) is 10.3. The van der Waals surface area contributed by atoms with Gasteiger partial charge in [-0.2, -0.15) is 0 Å². The molecule has 2 rings (SSSR count).